The van der Waals surface area contributed by atoms with E-state index in [-0.39, 0.29) is 17.5 Å². The molecule has 0 unspecified atom stereocenters. The highest BCUT2D eigenvalue weighted by molar-refractivity contribution is 6.01. The van der Waals surface area contributed by atoms with E-state index < -0.39 is 0 Å². The number of nitriles is 1. The van der Waals surface area contributed by atoms with Gasteiger partial charge in [-0.25, -0.2) is 0 Å². The Bertz CT molecular complexity index is 561. The minimum atomic E-state index is -0.329. The summed E-state index contributed by atoms with van der Waals surface area (Å²) >= 11 is 0. The van der Waals surface area contributed by atoms with E-state index in [1.807, 2.05) is 44.2 Å². The molecule has 0 aliphatic heterocycles. The minimum Gasteiger partial charge on any atom is -0.372 e. The second kappa shape index (κ2) is 9.68. The molecule has 0 aliphatic rings. The monoisotopic (exact) mass is 313 g/mol. The lowest BCUT2D eigenvalue weighted by molar-refractivity contribution is -0.117. The Morgan fingerprint density at radius 1 is 1.22 bits per heavy atom. The van der Waals surface area contributed by atoms with E-state index in [1.165, 1.54) is 5.69 Å². The number of nitrogens with zero attached hydrogens (tertiary/aromatic N) is 2. The van der Waals surface area contributed by atoms with Crippen molar-refractivity contribution >= 4 is 17.7 Å². The second-order valence-corrected chi connectivity index (χ2v) is 5.88. The molecule has 1 N–H and O–H groups in total. The molecule has 0 radical (unpaired) electrons. The van der Waals surface area contributed by atoms with E-state index >= 15 is 0 Å². The summed E-state index contributed by atoms with van der Waals surface area (Å²) in [6.45, 7) is 10.2. The lowest BCUT2D eigenvalue weighted by Crippen LogP contribution is -2.30. The molecule has 0 aromatic heterocycles. The summed E-state index contributed by atoms with van der Waals surface area (Å²) in [5, 5.41) is 11.9. The largest absolute Gasteiger partial charge is 0.372 e. The van der Waals surface area contributed by atoms with Crippen LogP contribution in [0.2, 0.25) is 0 Å². The summed E-state index contributed by atoms with van der Waals surface area (Å²) in [5.41, 5.74) is 2.17. The molecule has 4 nitrogen and oxygen atoms in total. The van der Waals surface area contributed by atoms with Gasteiger partial charge in [0.25, 0.3) is 5.91 Å². The molecular formula is C19H27N3O. The van der Waals surface area contributed by atoms with Crippen molar-refractivity contribution in [2.45, 2.75) is 46.6 Å². The van der Waals surface area contributed by atoms with Crippen molar-refractivity contribution in [3.05, 3.63) is 35.4 Å². The molecular weight excluding hydrogens is 286 g/mol. The van der Waals surface area contributed by atoms with Gasteiger partial charge in [0.15, 0.2) is 0 Å². The molecule has 1 aromatic carbocycles. The van der Waals surface area contributed by atoms with E-state index in [4.69, 9.17) is 5.26 Å². The van der Waals surface area contributed by atoms with Crippen LogP contribution in [-0.2, 0) is 4.79 Å². The lowest BCUT2D eigenvalue weighted by atomic mass is 10.1. The van der Waals surface area contributed by atoms with E-state index in [0.29, 0.717) is 0 Å². The zero-order chi connectivity index (χ0) is 17.2. The lowest BCUT2D eigenvalue weighted by Gasteiger charge is -2.23. The summed E-state index contributed by atoms with van der Waals surface area (Å²) in [5.74, 6) is -0.329. The molecule has 0 heterocycles. The molecule has 0 fully saturated rings. The predicted molar refractivity (Wildman–Crippen MR) is 96.1 cm³/mol. The molecule has 1 amide bonds. The van der Waals surface area contributed by atoms with Crippen molar-refractivity contribution in [3.63, 3.8) is 0 Å². The smallest absolute Gasteiger partial charge is 0.262 e. The third-order valence-electron chi connectivity index (χ3n) is 3.34. The number of carbonyl (C=O) groups excluding carboxylic acids is 1. The first-order valence-corrected chi connectivity index (χ1v) is 8.29. The quantitative estimate of drug-likeness (QED) is 0.587. The van der Waals surface area contributed by atoms with Crippen LogP contribution in [-0.4, -0.2) is 25.0 Å². The van der Waals surface area contributed by atoms with Crippen LogP contribution in [0.15, 0.2) is 29.8 Å². The molecule has 0 bridgehead atoms. The summed E-state index contributed by atoms with van der Waals surface area (Å²) in [7, 11) is 0. The highest BCUT2D eigenvalue weighted by Crippen LogP contribution is 2.18. The van der Waals surface area contributed by atoms with Gasteiger partial charge in [-0.1, -0.05) is 26.0 Å². The van der Waals surface area contributed by atoms with Gasteiger partial charge < -0.3 is 10.2 Å². The first kappa shape index (κ1) is 18.8. The van der Waals surface area contributed by atoms with Crippen LogP contribution in [0.25, 0.3) is 6.08 Å². The molecule has 124 valence electrons. The predicted octanol–water partition coefficient (Wildman–Crippen LogP) is 3.74. The summed E-state index contributed by atoms with van der Waals surface area (Å²) < 4.78 is 0. The fraction of sp³-hybridized carbons (Fsp3) is 0.474. The van der Waals surface area contributed by atoms with E-state index in [9.17, 15) is 4.79 Å². The summed E-state index contributed by atoms with van der Waals surface area (Å²) in [6.07, 6.45) is 3.84. The zero-order valence-corrected chi connectivity index (χ0v) is 14.6. The van der Waals surface area contributed by atoms with Gasteiger partial charge in [-0.15, -0.1) is 0 Å². The highest BCUT2D eigenvalue weighted by atomic mass is 16.1. The number of benzene rings is 1. The van der Waals surface area contributed by atoms with E-state index in [0.717, 1.165) is 31.5 Å². The Kier molecular flexibility index (Phi) is 7.90. The van der Waals surface area contributed by atoms with Gasteiger partial charge in [0.2, 0.25) is 0 Å². The van der Waals surface area contributed by atoms with E-state index in [2.05, 4.69) is 24.1 Å². The Hall–Kier alpha value is -2.28. The first-order valence-electron chi connectivity index (χ1n) is 8.29. The van der Waals surface area contributed by atoms with Crippen LogP contribution >= 0.6 is 0 Å². The van der Waals surface area contributed by atoms with Crippen molar-refractivity contribution in [1.82, 2.24) is 5.32 Å². The van der Waals surface area contributed by atoms with Gasteiger partial charge in [-0.2, -0.15) is 5.26 Å². The first-order chi connectivity index (χ1) is 11.0. The standard InChI is InChI=1S/C19H27N3O/c1-5-11-22(12-6-2)18-9-7-16(8-10-18)13-17(14-20)19(23)21-15(3)4/h7-10,13,15H,5-6,11-12H2,1-4H3,(H,21,23)/b17-13+. The second-order valence-electron chi connectivity index (χ2n) is 5.88. The SMILES string of the molecule is CCCN(CCC)c1ccc(/C=C(\C#N)C(=O)NC(C)C)cc1. The van der Waals surface area contributed by atoms with Crippen LogP contribution in [0.4, 0.5) is 5.69 Å². The summed E-state index contributed by atoms with van der Waals surface area (Å²) in [6, 6.07) is 9.98. The maximum absolute atomic E-state index is 11.9. The minimum absolute atomic E-state index is 0.0123. The Balaban J connectivity index is 2.92. The maximum Gasteiger partial charge on any atom is 0.262 e. The van der Waals surface area contributed by atoms with Crippen LogP contribution < -0.4 is 10.2 Å². The zero-order valence-electron chi connectivity index (χ0n) is 14.6. The van der Waals surface area contributed by atoms with Crippen LogP contribution in [0, 0.1) is 11.3 Å². The van der Waals surface area contributed by atoms with Gasteiger partial charge in [-0.3, -0.25) is 4.79 Å². The van der Waals surface area contributed by atoms with Gasteiger partial charge in [-0.05, 0) is 50.5 Å². The number of anilines is 1. The van der Waals surface area contributed by atoms with Crippen molar-refractivity contribution in [2.24, 2.45) is 0 Å². The van der Waals surface area contributed by atoms with Crippen LogP contribution in [0.3, 0.4) is 0 Å². The number of rotatable bonds is 8. The Morgan fingerprint density at radius 3 is 2.22 bits per heavy atom. The van der Waals surface area contributed by atoms with Crippen molar-refractivity contribution in [3.8, 4) is 6.07 Å². The van der Waals surface area contributed by atoms with Crippen LogP contribution in [0.1, 0.15) is 46.1 Å². The molecule has 0 saturated carbocycles. The number of hydrogen-bond donors (Lipinski definition) is 1. The highest BCUT2D eigenvalue weighted by Gasteiger charge is 2.10. The van der Waals surface area contributed by atoms with Crippen molar-refractivity contribution in [2.75, 3.05) is 18.0 Å². The molecule has 0 spiro atoms. The normalized spacial score (nSPS) is 11.2. The molecule has 0 atom stereocenters. The molecule has 23 heavy (non-hydrogen) atoms. The number of carbonyl (C=O) groups is 1. The van der Waals surface area contributed by atoms with Gasteiger partial charge in [0, 0.05) is 24.8 Å². The number of nitrogens with one attached hydrogen (secondary N) is 1. The van der Waals surface area contributed by atoms with Gasteiger partial charge >= 0.3 is 0 Å². The van der Waals surface area contributed by atoms with Crippen LogP contribution in [0.5, 0.6) is 0 Å². The average molecular weight is 313 g/mol. The number of hydrogen-bond acceptors (Lipinski definition) is 3. The van der Waals surface area contributed by atoms with Crippen molar-refractivity contribution in [1.29, 1.82) is 5.26 Å². The number of amides is 1. The fourth-order valence-corrected chi connectivity index (χ4v) is 2.35. The average Bonchev–Trinajstić information content (AvgIpc) is 2.52. The third-order valence-corrected chi connectivity index (χ3v) is 3.34. The van der Waals surface area contributed by atoms with Crippen molar-refractivity contribution < 1.29 is 4.79 Å². The maximum atomic E-state index is 11.9. The Labute approximate surface area is 139 Å². The molecule has 1 aromatic rings. The molecule has 0 saturated heterocycles. The summed E-state index contributed by atoms with van der Waals surface area (Å²) in [4.78, 5) is 14.3. The topological polar surface area (TPSA) is 56.1 Å². The van der Waals surface area contributed by atoms with Gasteiger partial charge in [0.1, 0.15) is 11.6 Å². The fourth-order valence-electron chi connectivity index (χ4n) is 2.35. The Morgan fingerprint density at radius 2 is 1.78 bits per heavy atom. The van der Waals surface area contributed by atoms with Gasteiger partial charge in [0.05, 0.1) is 0 Å². The molecule has 1 rings (SSSR count). The molecule has 0 aliphatic carbocycles. The van der Waals surface area contributed by atoms with E-state index in [1.54, 1.807) is 6.08 Å². The molecule has 4 heteroatoms. The third kappa shape index (κ3) is 6.15.